The summed E-state index contributed by atoms with van der Waals surface area (Å²) in [6.45, 7) is 50.2. The molecule has 0 radical (unpaired) electrons. The largest absolute Gasteiger partial charge is 0.494 e. The molecule has 0 heterocycles. The van der Waals surface area contributed by atoms with Crippen molar-refractivity contribution in [2.75, 3.05) is 19.8 Å². The third-order valence-electron chi connectivity index (χ3n) is 38.6. The summed E-state index contributed by atoms with van der Waals surface area (Å²) in [5.74, 6) is 4.58. The number of thiol groups is 1. The Bertz CT molecular complexity index is 4960. The van der Waals surface area contributed by atoms with Crippen LogP contribution in [0.15, 0.2) is 332 Å². The Kier molecular flexibility index (Phi) is 42.6. The highest BCUT2D eigenvalue weighted by molar-refractivity contribution is 7.79. The van der Waals surface area contributed by atoms with E-state index in [1.807, 2.05) is 0 Å². The van der Waals surface area contributed by atoms with Gasteiger partial charge in [0.15, 0.2) is 0 Å². The first-order valence-electron chi connectivity index (χ1n) is 59.2. The van der Waals surface area contributed by atoms with Crippen LogP contribution in [-0.2, 0) is 34.0 Å². The van der Waals surface area contributed by atoms with Crippen molar-refractivity contribution in [1.29, 1.82) is 0 Å². The van der Waals surface area contributed by atoms with E-state index in [1.54, 1.807) is 63.5 Å². The molecular weight excluding hydrogens is 1970 g/mol. The van der Waals surface area contributed by atoms with Gasteiger partial charge in [-0.2, -0.15) is 12.6 Å². The maximum absolute atomic E-state index is 7.23. The van der Waals surface area contributed by atoms with Crippen molar-refractivity contribution in [1.82, 2.24) is 0 Å². The maximum atomic E-state index is 7.23. The molecule has 5 aromatic rings. The van der Waals surface area contributed by atoms with Gasteiger partial charge in [-0.3, -0.25) is 0 Å². The molecule has 14 heteroatoms. The molecule has 0 amide bonds. The molecule has 14 rings (SSSR count). The highest BCUT2D eigenvalue weighted by atomic mass is 32.1. The van der Waals surface area contributed by atoms with Gasteiger partial charge in [0.25, 0.3) is 0 Å². The van der Waals surface area contributed by atoms with E-state index in [1.165, 1.54) is 181 Å². The number of hydrogen-bond donors (Lipinski definition) is 1. The zero-order chi connectivity index (χ0) is 106. The van der Waals surface area contributed by atoms with Crippen LogP contribution in [0.3, 0.4) is 0 Å². The molecule has 9 aliphatic carbocycles. The number of rotatable bonds is 68. The molecule has 0 saturated heterocycles. The van der Waals surface area contributed by atoms with Crippen molar-refractivity contribution in [2.45, 2.75) is 418 Å². The average molecular weight is 2170 g/mol. The van der Waals surface area contributed by atoms with Gasteiger partial charge in [0.2, 0.25) is 0 Å². The Hall–Kier alpha value is -7.08. The summed E-state index contributed by atoms with van der Waals surface area (Å²) in [6, 6.07) is 59.8. The standard InChI is InChI=1S/C135H196O4SSi9/c1-141(2,123-49-19-20-50-123)102-40-90-133(91-41-103-142(3,4)124-51-21-22-52-124,92-42-104-143(5,6)125-53-23-24-54-125)116-71-79-119(80-72-116)136-99-37-87-132(115-77-85-122(86-78-115)139-111-113-67-69-114(112-140)70-68-113,88-38-100-137-120-81-73-117(74-82-120)134(93-43-105-144(7,8)126-55-25-26-56-126,94-44-106-145(9,10)127-57-27-28-58-127)95-45-107-146(11,12)128-59-29-30-60-128)89-39-101-138-121-83-75-118(76-84-121)135(96-46-108-147(13,14)129-61-31-32-62-129,97-47-109-148(15,16)130-63-33-34-64-130)98-48-110-149(17,18)131-65-35-36-66-131/h19-36,49,51,53,55,57,59,61,63,65,67-86,140H,37-48,50,52,54,56,58,60,62,64,66,87-112H2,1-18H3. The van der Waals surface area contributed by atoms with Crippen LogP contribution in [0, 0.1) is 0 Å². The van der Waals surface area contributed by atoms with Crippen LogP contribution in [-0.4, -0.2) is 92.5 Å². The van der Waals surface area contributed by atoms with Crippen molar-refractivity contribution < 1.29 is 18.9 Å². The molecule has 0 atom stereocenters. The first-order chi connectivity index (χ1) is 71.3. The lowest BCUT2D eigenvalue weighted by Gasteiger charge is -2.38. The molecular formula is C135H196O4SSi9. The molecule has 0 saturated carbocycles. The lowest BCUT2D eigenvalue weighted by molar-refractivity contribution is 0.220. The van der Waals surface area contributed by atoms with E-state index in [2.05, 4.69) is 416 Å². The predicted molar refractivity (Wildman–Crippen MR) is 680 cm³/mol. The molecule has 0 spiro atoms. The van der Waals surface area contributed by atoms with Gasteiger partial charge in [0, 0.05) is 5.75 Å². The Morgan fingerprint density at radius 3 is 0.503 bits per heavy atom. The van der Waals surface area contributed by atoms with E-state index in [4.69, 9.17) is 18.9 Å². The van der Waals surface area contributed by atoms with Gasteiger partial charge >= 0.3 is 0 Å². The summed E-state index contributed by atoms with van der Waals surface area (Å²) >= 11 is 4.60. The fourth-order valence-electron chi connectivity index (χ4n) is 27.4. The number of ether oxygens (including phenoxy) is 4. The van der Waals surface area contributed by atoms with Crippen LogP contribution in [0.5, 0.6) is 23.0 Å². The Balaban J connectivity index is 0.766. The molecule has 0 bridgehead atoms. The number of allylic oxidation sites excluding steroid dienone is 36. The van der Waals surface area contributed by atoms with E-state index in [-0.39, 0.29) is 21.7 Å². The Morgan fingerprint density at radius 1 is 0.195 bits per heavy atom. The Morgan fingerprint density at radius 2 is 0.349 bits per heavy atom. The van der Waals surface area contributed by atoms with Crippen LogP contribution >= 0.6 is 12.6 Å². The monoisotopic (exact) mass is 2170 g/mol. The van der Waals surface area contributed by atoms with Crippen molar-refractivity contribution in [3.8, 4) is 23.0 Å². The summed E-state index contributed by atoms with van der Waals surface area (Å²) < 4.78 is 28.4. The topological polar surface area (TPSA) is 36.9 Å². The minimum atomic E-state index is -1.60. The minimum Gasteiger partial charge on any atom is -0.494 e. The van der Waals surface area contributed by atoms with Crippen molar-refractivity contribution in [2.24, 2.45) is 0 Å². The lowest BCUT2D eigenvalue weighted by Crippen LogP contribution is -2.33. The summed E-state index contributed by atoms with van der Waals surface area (Å²) in [5.41, 5.74) is 8.40. The molecule has 0 aliphatic heterocycles. The van der Waals surface area contributed by atoms with Crippen molar-refractivity contribution >= 4 is 85.3 Å². The third kappa shape index (κ3) is 33.0. The van der Waals surface area contributed by atoms with Crippen molar-refractivity contribution in [3.63, 3.8) is 0 Å². The van der Waals surface area contributed by atoms with Gasteiger partial charge in [-0.25, -0.2) is 0 Å². The van der Waals surface area contributed by atoms with Crippen LogP contribution < -0.4 is 18.9 Å². The average Bonchev–Trinajstić information content (AvgIpc) is 1.56. The molecule has 9 aliphatic rings. The normalized spacial score (nSPS) is 16.7. The molecule has 5 aromatic carbocycles. The number of benzene rings is 5. The van der Waals surface area contributed by atoms with E-state index in [9.17, 15) is 0 Å². The second kappa shape index (κ2) is 54.1. The summed E-state index contributed by atoms with van der Waals surface area (Å²) in [6.07, 6.45) is 103. The molecule has 4 nitrogen and oxygen atoms in total. The fraction of sp³-hybridized carbons (Fsp3) is 0.511. The van der Waals surface area contributed by atoms with E-state index in [0.717, 1.165) is 131 Å². The first kappa shape index (κ1) is 117. The highest BCUT2D eigenvalue weighted by Crippen LogP contribution is 2.51. The summed E-state index contributed by atoms with van der Waals surface area (Å²) in [5, 5.41) is 15.6. The van der Waals surface area contributed by atoms with Gasteiger partial charge in [-0.1, -0.05) is 514 Å². The van der Waals surface area contributed by atoms with Crippen LogP contribution in [0.1, 0.15) is 245 Å². The quantitative estimate of drug-likeness (QED) is 0.0239. The summed E-state index contributed by atoms with van der Waals surface area (Å²) in [7, 11) is -14.4. The van der Waals surface area contributed by atoms with Gasteiger partial charge in [-0.05, 0) is 258 Å². The van der Waals surface area contributed by atoms with Gasteiger partial charge < -0.3 is 18.9 Å². The van der Waals surface area contributed by atoms with Crippen LogP contribution in [0.2, 0.25) is 172 Å². The second-order valence-electron chi connectivity index (χ2n) is 52.9. The second-order valence-corrected chi connectivity index (χ2v) is 97.4. The minimum absolute atomic E-state index is 0.0914. The van der Waals surface area contributed by atoms with Crippen molar-refractivity contribution in [3.05, 3.63) is 366 Å². The molecule has 0 fully saturated rings. The zero-order valence-corrected chi connectivity index (χ0v) is 106. The highest BCUT2D eigenvalue weighted by Gasteiger charge is 2.43. The van der Waals surface area contributed by atoms with Gasteiger partial charge in [0.05, 0.1) is 92.5 Å². The van der Waals surface area contributed by atoms with Crippen LogP contribution in [0.25, 0.3) is 0 Å². The fourth-order valence-corrected chi connectivity index (χ4v) is 51.0. The van der Waals surface area contributed by atoms with E-state index < -0.39 is 72.7 Å². The van der Waals surface area contributed by atoms with E-state index >= 15 is 0 Å². The smallest absolute Gasteiger partial charge is 0.119 e. The molecule has 0 unspecified atom stereocenters. The molecule has 0 N–H and O–H groups in total. The third-order valence-corrected chi connectivity index (χ3v) is 72.3. The SMILES string of the molecule is C[Si](C)(CCCC(CCC[Si](C)(C)C1=CC=CC1)(CCC[Si](C)(C)C1=CC=CC1)c1ccc(OCCCC(CCCOc2ccc(C(CCC[Si](C)(C)C3=CC=CC3)(CCC[Si](C)(C)C3=CC=CC3)CCC[Si](C)(C)C3=CC=CC3)cc2)(CCCOc2ccc(C(CCC[Si](C)(C)C3=CC=CC3)(CCC[Si](C)(C)C3=CC=CC3)CCC[Si](C)(C)C3=CC=CC3)cc2)c2ccc(OCc3ccc(CS)cc3)cc2)cc1)C1=CC=CC1. The molecule has 149 heavy (non-hydrogen) atoms. The maximum Gasteiger partial charge on any atom is 0.119 e. The predicted octanol–water partition coefficient (Wildman–Crippen LogP) is 40.5. The van der Waals surface area contributed by atoms with Gasteiger partial charge in [-0.15, -0.1) is 0 Å². The molecule has 0 aromatic heterocycles. The van der Waals surface area contributed by atoms with E-state index in [0.29, 0.717) is 26.4 Å². The first-order valence-corrected chi connectivity index (χ1v) is 88.7. The van der Waals surface area contributed by atoms with Crippen LogP contribution in [0.4, 0.5) is 0 Å². The lowest BCUT2D eigenvalue weighted by atomic mass is 9.70. The number of hydrogen-bond acceptors (Lipinski definition) is 5. The molecule has 802 valence electrons. The summed E-state index contributed by atoms with van der Waals surface area (Å²) in [4.78, 5) is 0. The van der Waals surface area contributed by atoms with Gasteiger partial charge in [0.1, 0.15) is 29.6 Å². The Labute approximate surface area is 923 Å². The zero-order valence-electron chi connectivity index (χ0n) is 96.4.